The number of halogens is 10. The first kappa shape index (κ1) is 28.9. The van der Waals surface area contributed by atoms with E-state index in [-0.39, 0.29) is 7.11 Å². The Hall–Kier alpha value is -2.15. The van der Waals surface area contributed by atoms with Crippen LogP contribution in [0.2, 0.25) is 0 Å². The van der Waals surface area contributed by atoms with Crippen molar-refractivity contribution in [3.8, 4) is 0 Å². The zero-order valence-electron chi connectivity index (χ0n) is 14.6. The van der Waals surface area contributed by atoms with E-state index in [1.54, 1.807) is 0 Å². The average molecular weight is 504 g/mol. The minimum absolute atomic E-state index is 0.166. The van der Waals surface area contributed by atoms with Crippen molar-refractivity contribution in [2.75, 3.05) is 13.7 Å². The molecule has 0 aromatic carbocycles. The maximum Gasteiger partial charge on any atom is 0.468 e. The van der Waals surface area contributed by atoms with Crippen LogP contribution in [0, 0.1) is 0 Å². The van der Waals surface area contributed by atoms with Crippen LogP contribution in [0.1, 0.15) is 6.42 Å². The predicted molar refractivity (Wildman–Crippen MR) is 74.1 cm³/mol. The van der Waals surface area contributed by atoms with Crippen LogP contribution in [0.5, 0.6) is 0 Å². The van der Waals surface area contributed by atoms with Crippen molar-refractivity contribution in [1.82, 2.24) is 0 Å². The largest absolute Gasteiger partial charge is 0.468 e. The number of methoxy groups -OCH3 is 1. The Labute approximate surface area is 165 Å². The highest BCUT2D eigenvalue weighted by Gasteiger charge is 2.69. The molecule has 0 aliphatic carbocycles. The van der Waals surface area contributed by atoms with Gasteiger partial charge in [-0.3, -0.25) is 4.55 Å². The molecular formula is C12H10F10O8S. The highest BCUT2D eigenvalue weighted by atomic mass is 32.2. The monoisotopic (exact) mass is 504 g/mol. The van der Waals surface area contributed by atoms with Crippen molar-refractivity contribution in [3.63, 3.8) is 0 Å². The van der Waals surface area contributed by atoms with Gasteiger partial charge in [0, 0.05) is 6.42 Å². The van der Waals surface area contributed by atoms with E-state index in [2.05, 4.69) is 20.8 Å². The van der Waals surface area contributed by atoms with Crippen molar-refractivity contribution >= 4 is 22.1 Å². The van der Waals surface area contributed by atoms with Crippen LogP contribution in [0.15, 0.2) is 12.2 Å². The lowest BCUT2D eigenvalue weighted by molar-refractivity contribution is -0.357. The van der Waals surface area contributed by atoms with Gasteiger partial charge in [0.05, 0.1) is 13.7 Å². The molecule has 0 radical (unpaired) electrons. The molecule has 31 heavy (non-hydrogen) atoms. The van der Waals surface area contributed by atoms with E-state index in [0.717, 1.165) is 0 Å². The van der Waals surface area contributed by atoms with Crippen LogP contribution in [-0.4, -0.2) is 67.9 Å². The Morgan fingerprint density at radius 1 is 0.968 bits per heavy atom. The molecular weight excluding hydrogens is 494 g/mol. The van der Waals surface area contributed by atoms with Crippen LogP contribution >= 0.6 is 0 Å². The SMILES string of the molecule is C=C(C(=O)OC(OCCC(F)(F)C(F)(F)S(=O)(=O)O)(C(=O)OC)C(F)(F)F)C(F)(F)F. The fraction of sp³-hybridized carbons (Fsp3) is 0.667. The Morgan fingerprint density at radius 3 is 1.74 bits per heavy atom. The quantitative estimate of drug-likeness (QED) is 0.168. The average Bonchev–Trinajstić information content (AvgIpc) is 2.55. The van der Waals surface area contributed by atoms with Crippen LogP contribution in [0.4, 0.5) is 43.9 Å². The molecule has 0 heterocycles. The number of hydrogen-bond acceptors (Lipinski definition) is 7. The van der Waals surface area contributed by atoms with Gasteiger partial charge in [-0.1, -0.05) is 6.58 Å². The number of rotatable bonds is 9. The number of alkyl halides is 10. The van der Waals surface area contributed by atoms with Gasteiger partial charge in [0.25, 0.3) is 0 Å². The summed E-state index contributed by atoms with van der Waals surface area (Å²) in [6.45, 7) is -0.309. The van der Waals surface area contributed by atoms with Crippen LogP contribution < -0.4 is 0 Å². The van der Waals surface area contributed by atoms with Crippen molar-refractivity contribution in [3.05, 3.63) is 12.2 Å². The summed E-state index contributed by atoms with van der Waals surface area (Å²) in [6.07, 6.45) is -14.7. The summed E-state index contributed by atoms with van der Waals surface area (Å²) < 4.78 is 169. The van der Waals surface area contributed by atoms with Gasteiger partial charge in [-0.2, -0.15) is 52.3 Å². The fourth-order valence-corrected chi connectivity index (χ4v) is 1.96. The molecule has 1 atom stereocenters. The van der Waals surface area contributed by atoms with Gasteiger partial charge in [0.2, 0.25) is 0 Å². The second-order valence-corrected chi connectivity index (χ2v) is 6.73. The number of carbonyl (C=O) groups is 2. The van der Waals surface area contributed by atoms with Gasteiger partial charge >= 0.3 is 51.4 Å². The number of esters is 2. The van der Waals surface area contributed by atoms with Crippen LogP contribution in [-0.2, 0) is 33.9 Å². The predicted octanol–water partition coefficient (Wildman–Crippen LogP) is 2.60. The molecule has 0 rings (SSSR count). The number of hydrogen-bond donors (Lipinski definition) is 1. The van der Waals surface area contributed by atoms with Crippen molar-refractivity contribution in [2.45, 2.75) is 35.7 Å². The highest BCUT2D eigenvalue weighted by molar-refractivity contribution is 7.87. The van der Waals surface area contributed by atoms with Crippen molar-refractivity contribution in [1.29, 1.82) is 0 Å². The fourth-order valence-electron chi connectivity index (χ4n) is 1.48. The summed E-state index contributed by atoms with van der Waals surface area (Å²) in [6, 6.07) is 0. The number of carbonyl (C=O) groups excluding carboxylic acids is 2. The molecule has 0 aromatic heterocycles. The van der Waals surface area contributed by atoms with E-state index in [1.165, 1.54) is 0 Å². The van der Waals surface area contributed by atoms with E-state index in [9.17, 15) is 61.9 Å². The molecule has 1 N–H and O–H groups in total. The minimum atomic E-state index is -6.80. The normalized spacial score (nSPS) is 15.7. The van der Waals surface area contributed by atoms with Crippen LogP contribution in [0.3, 0.4) is 0 Å². The maximum atomic E-state index is 13.4. The first-order valence-corrected chi connectivity index (χ1v) is 8.43. The maximum absolute atomic E-state index is 13.4. The van der Waals surface area contributed by atoms with E-state index in [1.807, 2.05) is 0 Å². The van der Waals surface area contributed by atoms with E-state index in [4.69, 9.17) is 4.55 Å². The molecule has 19 heteroatoms. The first-order chi connectivity index (χ1) is 13.5. The molecule has 0 saturated carbocycles. The van der Waals surface area contributed by atoms with Gasteiger partial charge < -0.3 is 14.2 Å². The Morgan fingerprint density at radius 2 is 1.42 bits per heavy atom. The number of ether oxygens (including phenoxy) is 3. The van der Waals surface area contributed by atoms with Crippen LogP contribution in [0.25, 0.3) is 0 Å². The van der Waals surface area contributed by atoms with Gasteiger partial charge in [0.1, 0.15) is 5.57 Å². The lowest BCUT2D eigenvalue weighted by Gasteiger charge is -2.33. The van der Waals surface area contributed by atoms with E-state index in [0.29, 0.717) is 0 Å². The Balaban J connectivity index is 6.04. The lowest BCUT2D eigenvalue weighted by Crippen LogP contribution is -2.59. The summed E-state index contributed by atoms with van der Waals surface area (Å²) in [4.78, 5) is 22.8. The third-order valence-corrected chi connectivity index (χ3v) is 4.07. The third-order valence-electron chi connectivity index (χ3n) is 3.12. The summed E-state index contributed by atoms with van der Waals surface area (Å²) in [7, 11) is -6.63. The lowest BCUT2D eigenvalue weighted by atomic mass is 10.2. The molecule has 8 nitrogen and oxygen atoms in total. The topological polar surface area (TPSA) is 116 Å². The van der Waals surface area contributed by atoms with E-state index >= 15 is 0 Å². The molecule has 0 aromatic rings. The first-order valence-electron chi connectivity index (χ1n) is 6.99. The van der Waals surface area contributed by atoms with Gasteiger partial charge in [0.15, 0.2) is 0 Å². The molecule has 182 valence electrons. The zero-order valence-corrected chi connectivity index (χ0v) is 15.4. The smallest absolute Gasteiger partial charge is 0.464 e. The highest BCUT2D eigenvalue weighted by Crippen LogP contribution is 2.42. The van der Waals surface area contributed by atoms with Gasteiger partial charge in [-0.15, -0.1) is 0 Å². The summed E-state index contributed by atoms with van der Waals surface area (Å²) in [5, 5.41) is -6.25. The van der Waals surface area contributed by atoms with Gasteiger partial charge in [-0.25, -0.2) is 9.59 Å². The van der Waals surface area contributed by atoms with Crippen molar-refractivity contribution in [2.24, 2.45) is 0 Å². The van der Waals surface area contributed by atoms with Gasteiger partial charge in [-0.05, 0) is 0 Å². The molecule has 0 aliphatic heterocycles. The minimum Gasteiger partial charge on any atom is -0.464 e. The molecule has 0 bridgehead atoms. The summed E-state index contributed by atoms with van der Waals surface area (Å²) in [5.41, 5.74) is -2.61. The molecule has 0 saturated heterocycles. The summed E-state index contributed by atoms with van der Waals surface area (Å²) >= 11 is 0. The Bertz CT molecular complexity index is 816. The second kappa shape index (κ2) is 8.77. The van der Waals surface area contributed by atoms with E-state index < -0.39 is 70.0 Å². The molecule has 0 amide bonds. The standard InChI is InChI=1S/C12H10F10O8S/c1-5(10(15,16)17)6(23)30-9(7(24)28-2,11(18,19)20)29-4-3-8(13,14)12(21,22)31(25,26)27/h1,3-4H2,2H3,(H,25,26,27). The third kappa shape index (κ3) is 5.97. The summed E-state index contributed by atoms with van der Waals surface area (Å²) in [5.74, 6) is -16.8. The van der Waals surface area contributed by atoms with Crippen molar-refractivity contribution < 1.29 is 80.7 Å². The molecule has 0 aliphatic rings. The Kier molecular flexibility index (Phi) is 8.16. The molecule has 1 unspecified atom stereocenters. The molecule has 0 spiro atoms. The zero-order chi connectivity index (χ0) is 25.3. The molecule has 0 fully saturated rings. The second-order valence-electron chi connectivity index (χ2n) is 5.27.